The Hall–Kier alpha value is -3.23. The zero-order valence-electron chi connectivity index (χ0n) is 20.9. The first-order valence-electron chi connectivity index (χ1n) is 12.6. The number of aryl methyl sites for hydroxylation is 1. The van der Waals surface area contributed by atoms with E-state index in [1.807, 2.05) is 30.3 Å². The van der Waals surface area contributed by atoms with Crippen molar-refractivity contribution >= 4 is 43.7 Å². The maximum absolute atomic E-state index is 12.2. The number of carbonyl (C=O) groups is 1. The van der Waals surface area contributed by atoms with Crippen molar-refractivity contribution in [2.75, 3.05) is 32.7 Å². The second-order valence-electron chi connectivity index (χ2n) is 9.09. The highest BCUT2D eigenvalue weighted by atomic mass is 32.1. The number of carbonyl (C=O) groups excluding carboxylic acids is 1. The standard InChI is InChI=1S/C28H32N4O3S/c1-34-17-7-15-29-28-31-22-11-6-10-21(25(22)36-28)26-30-23-18-20(27(33)35-2)12-13-24(23)32(26)16-14-19-8-4-3-5-9-19/h6,8,10-13,18H,3-5,7,9,14-17H2,1-2H3,(H,29,31). The van der Waals surface area contributed by atoms with E-state index in [2.05, 4.69) is 22.0 Å². The minimum Gasteiger partial charge on any atom is -0.465 e. The topological polar surface area (TPSA) is 78.3 Å². The first-order chi connectivity index (χ1) is 17.7. The lowest BCUT2D eigenvalue weighted by Gasteiger charge is -2.15. The van der Waals surface area contributed by atoms with Crippen LogP contribution < -0.4 is 5.32 Å². The molecule has 0 saturated carbocycles. The highest BCUT2D eigenvalue weighted by molar-refractivity contribution is 7.22. The van der Waals surface area contributed by atoms with Crippen LogP contribution in [0.3, 0.4) is 0 Å². The number of allylic oxidation sites excluding steroid dienone is 2. The van der Waals surface area contributed by atoms with Crippen LogP contribution in [0, 0.1) is 0 Å². The molecule has 0 bridgehead atoms. The van der Waals surface area contributed by atoms with Crippen LogP contribution in [-0.2, 0) is 16.0 Å². The zero-order chi connectivity index (χ0) is 24.9. The van der Waals surface area contributed by atoms with E-state index in [4.69, 9.17) is 19.4 Å². The molecule has 0 radical (unpaired) electrons. The van der Waals surface area contributed by atoms with Crippen LogP contribution in [0.15, 0.2) is 48.0 Å². The quantitative estimate of drug-likeness (QED) is 0.152. The number of aromatic nitrogens is 3. The van der Waals surface area contributed by atoms with Gasteiger partial charge in [0.25, 0.3) is 0 Å². The Balaban J connectivity index is 1.55. The van der Waals surface area contributed by atoms with E-state index in [-0.39, 0.29) is 5.97 Å². The minimum atomic E-state index is -0.353. The summed E-state index contributed by atoms with van der Waals surface area (Å²) in [7, 11) is 3.12. The average Bonchev–Trinajstić information content (AvgIpc) is 3.50. The first-order valence-corrected chi connectivity index (χ1v) is 13.4. The molecule has 8 heteroatoms. The van der Waals surface area contributed by atoms with E-state index < -0.39 is 0 Å². The molecule has 4 aromatic rings. The van der Waals surface area contributed by atoms with Crippen molar-refractivity contribution in [2.24, 2.45) is 0 Å². The van der Waals surface area contributed by atoms with Crippen molar-refractivity contribution in [3.8, 4) is 11.4 Å². The summed E-state index contributed by atoms with van der Waals surface area (Å²) < 4.78 is 13.5. The SMILES string of the molecule is COCCCNc1nc2cccc(-c3nc4cc(C(=O)OC)ccc4n3CCC3=CCCCC3)c2s1. The fraction of sp³-hybridized carbons (Fsp3) is 0.393. The van der Waals surface area contributed by atoms with Crippen LogP contribution in [0.1, 0.15) is 48.9 Å². The number of methoxy groups -OCH3 is 2. The predicted molar refractivity (Wildman–Crippen MR) is 146 cm³/mol. The van der Waals surface area contributed by atoms with Crippen LogP contribution in [0.25, 0.3) is 32.6 Å². The van der Waals surface area contributed by atoms with Gasteiger partial charge in [-0.25, -0.2) is 14.8 Å². The number of esters is 1. The maximum atomic E-state index is 12.2. The first kappa shape index (κ1) is 24.5. The summed E-state index contributed by atoms with van der Waals surface area (Å²) in [5.74, 6) is 0.553. The third-order valence-electron chi connectivity index (χ3n) is 6.67. The van der Waals surface area contributed by atoms with Crippen molar-refractivity contribution < 1.29 is 14.3 Å². The monoisotopic (exact) mass is 504 g/mol. The number of hydrogen-bond donors (Lipinski definition) is 1. The van der Waals surface area contributed by atoms with E-state index in [1.54, 1.807) is 18.4 Å². The third kappa shape index (κ3) is 5.15. The molecule has 1 N–H and O–H groups in total. The normalized spacial score (nSPS) is 13.8. The Bertz CT molecular complexity index is 1400. The van der Waals surface area contributed by atoms with Gasteiger partial charge >= 0.3 is 5.97 Å². The molecular formula is C28H32N4O3S. The summed E-state index contributed by atoms with van der Waals surface area (Å²) in [4.78, 5) is 22.0. The molecule has 0 fully saturated rings. The van der Waals surface area contributed by atoms with Crippen molar-refractivity contribution in [1.82, 2.24) is 14.5 Å². The molecular weight excluding hydrogens is 472 g/mol. The van der Waals surface area contributed by atoms with Gasteiger partial charge < -0.3 is 19.4 Å². The van der Waals surface area contributed by atoms with Crippen LogP contribution in [-0.4, -0.2) is 47.9 Å². The van der Waals surface area contributed by atoms with Gasteiger partial charge in [0, 0.05) is 32.4 Å². The van der Waals surface area contributed by atoms with Gasteiger partial charge in [0.2, 0.25) is 0 Å². The third-order valence-corrected chi connectivity index (χ3v) is 7.73. The van der Waals surface area contributed by atoms with Gasteiger partial charge in [0.1, 0.15) is 5.82 Å². The molecule has 2 aromatic carbocycles. The summed E-state index contributed by atoms with van der Waals surface area (Å²) >= 11 is 1.65. The van der Waals surface area contributed by atoms with Gasteiger partial charge in [-0.2, -0.15) is 0 Å². The molecule has 5 rings (SSSR count). The molecule has 0 spiro atoms. The zero-order valence-corrected chi connectivity index (χ0v) is 21.7. The van der Waals surface area contributed by atoms with Crippen molar-refractivity contribution in [3.05, 3.63) is 53.6 Å². The lowest BCUT2D eigenvalue weighted by Crippen LogP contribution is -2.04. The number of nitrogens with one attached hydrogen (secondary N) is 1. The van der Waals surface area contributed by atoms with Gasteiger partial charge in [-0.05, 0) is 68.9 Å². The highest BCUT2D eigenvalue weighted by Crippen LogP contribution is 2.36. The second-order valence-corrected chi connectivity index (χ2v) is 10.1. The lowest BCUT2D eigenvalue weighted by atomic mass is 9.97. The number of imidazole rings is 1. The van der Waals surface area contributed by atoms with Gasteiger partial charge in [0.05, 0.1) is 33.9 Å². The Morgan fingerprint density at radius 1 is 1.14 bits per heavy atom. The molecule has 188 valence electrons. The minimum absolute atomic E-state index is 0.353. The molecule has 2 heterocycles. The van der Waals surface area contributed by atoms with E-state index in [0.29, 0.717) is 5.56 Å². The molecule has 7 nitrogen and oxygen atoms in total. The van der Waals surface area contributed by atoms with Crippen LogP contribution in [0.5, 0.6) is 0 Å². The van der Waals surface area contributed by atoms with Gasteiger partial charge in [-0.15, -0.1) is 0 Å². The molecule has 0 saturated heterocycles. The number of anilines is 1. The number of rotatable bonds is 10. The summed E-state index contributed by atoms with van der Waals surface area (Å²) in [5.41, 5.74) is 5.87. The summed E-state index contributed by atoms with van der Waals surface area (Å²) in [6, 6.07) is 11.9. The maximum Gasteiger partial charge on any atom is 0.337 e. The summed E-state index contributed by atoms with van der Waals surface area (Å²) in [6.07, 6.45) is 9.24. The molecule has 2 aromatic heterocycles. The van der Waals surface area contributed by atoms with E-state index in [0.717, 1.165) is 70.3 Å². The van der Waals surface area contributed by atoms with E-state index in [1.165, 1.54) is 38.4 Å². The lowest BCUT2D eigenvalue weighted by molar-refractivity contribution is 0.0601. The van der Waals surface area contributed by atoms with Crippen molar-refractivity contribution in [1.29, 1.82) is 0 Å². The molecule has 0 amide bonds. The van der Waals surface area contributed by atoms with E-state index >= 15 is 0 Å². The van der Waals surface area contributed by atoms with Crippen LogP contribution >= 0.6 is 11.3 Å². The van der Waals surface area contributed by atoms with E-state index in [9.17, 15) is 4.79 Å². The molecule has 0 atom stereocenters. The van der Waals surface area contributed by atoms with Gasteiger partial charge in [-0.3, -0.25) is 0 Å². The number of fused-ring (bicyclic) bond motifs is 2. The van der Waals surface area contributed by atoms with Gasteiger partial charge in [-0.1, -0.05) is 29.1 Å². The smallest absolute Gasteiger partial charge is 0.337 e. The molecule has 0 aliphatic heterocycles. The Morgan fingerprint density at radius 2 is 2.06 bits per heavy atom. The summed E-state index contributed by atoms with van der Waals surface area (Å²) in [5, 5.41) is 4.32. The van der Waals surface area contributed by atoms with Crippen molar-refractivity contribution in [2.45, 2.75) is 45.1 Å². The highest BCUT2D eigenvalue weighted by Gasteiger charge is 2.19. The Kier molecular flexibility index (Phi) is 7.63. The van der Waals surface area contributed by atoms with Gasteiger partial charge in [0.15, 0.2) is 5.13 Å². The van der Waals surface area contributed by atoms with Crippen LogP contribution in [0.4, 0.5) is 5.13 Å². The molecule has 36 heavy (non-hydrogen) atoms. The number of nitrogens with zero attached hydrogens (tertiary/aromatic N) is 3. The van der Waals surface area contributed by atoms with Crippen LogP contribution in [0.2, 0.25) is 0 Å². The fourth-order valence-electron chi connectivity index (χ4n) is 4.81. The predicted octanol–water partition coefficient (Wildman–Crippen LogP) is 6.44. The summed E-state index contributed by atoms with van der Waals surface area (Å²) in [6.45, 7) is 2.37. The number of hydrogen-bond acceptors (Lipinski definition) is 7. The number of benzene rings is 2. The average molecular weight is 505 g/mol. The number of ether oxygens (including phenoxy) is 2. The Labute approximate surface area is 215 Å². The van der Waals surface area contributed by atoms with Crippen molar-refractivity contribution in [3.63, 3.8) is 0 Å². The Morgan fingerprint density at radius 3 is 2.86 bits per heavy atom. The molecule has 0 unspecified atom stereocenters. The second kappa shape index (κ2) is 11.2. The molecule has 1 aliphatic carbocycles. The fourth-order valence-corrected chi connectivity index (χ4v) is 5.81. The number of thiazole rings is 1. The largest absolute Gasteiger partial charge is 0.465 e. The molecule has 1 aliphatic rings.